The number of benzene rings is 2. The Kier molecular flexibility index (Phi) is 9.91. The van der Waals surface area contributed by atoms with Crippen LogP contribution in [0.2, 0.25) is 18.1 Å². The maximum atomic E-state index is 13.3. The number of aryl methyl sites for hydroxylation is 1. The number of hydrogen-bond acceptors (Lipinski definition) is 4. The second kappa shape index (κ2) is 11.8. The predicted molar refractivity (Wildman–Crippen MR) is 142 cm³/mol. The van der Waals surface area contributed by atoms with Crippen LogP contribution in [0.1, 0.15) is 38.0 Å². The van der Waals surface area contributed by atoms with E-state index in [4.69, 9.17) is 9.16 Å². The van der Waals surface area contributed by atoms with Gasteiger partial charge in [0.25, 0.3) is 0 Å². The van der Waals surface area contributed by atoms with Gasteiger partial charge in [-0.25, -0.2) is 4.79 Å². The smallest absolute Gasteiger partial charge is 0.407 e. The molecule has 0 aliphatic heterocycles. The zero-order chi connectivity index (χ0) is 24.8. The predicted octanol–water partition coefficient (Wildman–Crippen LogP) is 6.35. The van der Waals surface area contributed by atoms with E-state index < -0.39 is 42.2 Å². The molecule has 0 bridgehead atoms. The van der Waals surface area contributed by atoms with E-state index in [1.165, 1.54) is 7.05 Å². The Morgan fingerprint density at radius 1 is 1.09 bits per heavy atom. The number of hydrogen-bond donors (Lipinski definition) is 1. The lowest BCUT2D eigenvalue weighted by molar-refractivity contribution is 0.0716. The molecule has 1 N–H and O–H groups in total. The summed E-state index contributed by atoms with van der Waals surface area (Å²) in [5.74, 6) is 0.284. The number of alkyl carbamates (subject to hydrolysis) is 1. The molecular weight excluding hydrogens is 518 g/mol. The van der Waals surface area contributed by atoms with Gasteiger partial charge in [0.2, 0.25) is 0 Å². The fraction of sp³-hybridized carbons (Fsp3) is 0.480. The maximum Gasteiger partial charge on any atom is 0.407 e. The molecule has 0 radical (unpaired) electrons. The minimum atomic E-state index is -2.22. The van der Waals surface area contributed by atoms with Crippen molar-refractivity contribution in [2.75, 3.05) is 12.8 Å². The Bertz CT molecular complexity index is 932. The van der Waals surface area contributed by atoms with E-state index in [-0.39, 0.29) is 10.8 Å². The highest BCUT2D eigenvalue weighted by molar-refractivity contribution is 9.09. The van der Waals surface area contributed by atoms with Crippen LogP contribution in [-0.4, -0.2) is 42.4 Å². The topological polar surface area (TPSA) is 64.6 Å². The summed E-state index contributed by atoms with van der Waals surface area (Å²) in [6.45, 7) is 12.9. The summed E-state index contributed by atoms with van der Waals surface area (Å²) in [7, 11) is -1.97. The summed E-state index contributed by atoms with van der Waals surface area (Å²) in [5.41, 5.74) is 1.96. The van der Waals surface area contributed by atoms with Gasteiger partial charge in [-0.05, 0) is 42.8 Å². The molecule has 0 saturated heterocycles. The summed E-state index contributed by atoms with van der Waals surface area (Å²) in [6.07, 6.45) is -1.59. The fourth-order valence-electron chi connectivity index (χ4n) is 3.01. The molecule has 0 aliphatic rings. The number of rotatable bonds is 9. The van der Waals surface area contributed by atoms with Crippen molar-refractivity contribution >= 4 is 41.1 Å². The third-order valence-corrected chi connectivity index (χ3v) is 13.1. The first-order chi connectivity index (χ1) is 15.4. The van der Waals surface area contributed by atoms with Gasteiger partial charge >= 0.3 is 6.09 Å². The zero-order valence-corrected chi connectivity index (χ0v) is 24.0. The monoisotopic (exact) mass is 553 g/mol. The molecule has 33 heavy (non-hydrogen) atoms. The van der Waals surface area contributed by atoms with Crippen LogP contribution in [0.3, 0.4) is 0 Å². The van der Waals surface area contributed by atoms with Crippen molar-refractivity contribution in [1.29, 1.82) is 0 Å². The van der Waals surface area contributed by atoms with Gasteiger partial charge in [-0.3, -0.25) is 4.21 Å². The molecule has 0 aliphatic carbocycles. The Morgan fingerprint density at radius 3 is 2.18 bits per heavy atom. The van der Waals surface area contributed by atoms with Gasteiger partial charge in [0.15, 0.2) is 8.32 Å². The van der Waals surface area contributed by atoms with E-state index in [0.717, 1.165) is 16.0 Å². The third-order valence-electron chi connectivity index (χ3n) is 6.06. The molecule has 0 heterocycles. The van der Waals surface area contributed by atoms with Crippen molar-refractivity contribution < 1.29 is 18.2 Å². The molecule has 0 aromatic heterocycles. The van der Waals surface area contributed by atoms with Crippen molar-refractivity contribution in [2.24, 2.45) is 0 Å². The fourth-order valence-corrected chi connectivity index (χ4v) is 6.83. The van der Waals surface area contributed by atoms with E-state index >= 15 is 0 Å². The van der Waals surface area contributed by atoms with Gasteiger partial charge in [-0.1, -0.05) is 84.7 Å². The number of amides is 1. The molecule has 182 valence electrons. The summed E-state index contributed by atoms with van der Waals surface area (Å²) in [5, 5.41) is 2.49. The molecule has 0 saturated carbocycles. The van der Waals surface area contributed by atoms with Gasteiger partial charge in [0.05, 0.1) is 27.5 Å². The van der Waals surface area contributed by atoms with E-state index in [2.05, 4.69) is 55.1 Å². The molecule has 2 aromatic rings. The Morgan fingerprint density at radius 2 is 1.67 bits per heavy atom. The van der Waals surface area contributed by atoms with Crippen LogP contribution in [-0.2, 0) is 20.0 Å². The number of carbonyl (C=O) groups excluding carboxylic acids is 1. The first-order valence-electron chi connectivity index (χ1n) is 11.1. The number of ether oxygens (including phenoxy) is 1. The highest BCUT2D eigenvalue weighted by Gasteiger charge is 2.43. The lowest BCUT2D eigenvalue weighted by Crippen LogP contribution is -2.49. The van der Waals surface area contributed by atoms with Crippen molar-refractivity contribution in [3.05, 3.63) is 65.7 Å². The summed E-state index contributed by atoms with van der Waals surface area (Å²) in [4.78, 5) is 12.6. The quantitative estimate of drug-likeness (QED) is 0.290. The van der Waals surface area contributed by atoms with Crippen LogP contribution in [0.25, 0.3) is 0 Å². The second-order valence-corrected chi connectivity index (χ2v) is 17.0. The maximum absolute atomic E-state index is 13.3. The summed E-state index contributed by atoms with van der Waals surface area (Å²) < 4.78 is 25.9. The molecule has 2 aromatic carbocycles. The Labute approximate surface area is 210 Å². The van der Waals surface area contributed by atoms with Crippen LogP contribution in [0.5, 0.6) is 0 Å². The van der Waals surface area contributed by atoms with Crippen LogP contribution in [0, 0.1) is 6.92 Å². The average molecular weight is 555 g/mol. The molecular formula is C25H36BrNO4SSi. The molecule has 8 heteroatoms. The van der Waals surface area contributed by atoms with Crippen molar-refractivity contribution in [1.82, 2.24) is 5.32 Å². The largest absolute Gasteiger partial charge is 0.440 e. The third kappa shape index (κ3) is 7.77. The molecule has 4 atom stereocenters. The van der Waals surface area contributed by atoms with Crippen LogP contribution in [0.15, 0.2) is 59.5 Å². The van der Waals surface area contributed by atoms with E-state index in [0.29, 0.717) is 0 Å². The molecule has 1 amide bonds. The first-order valence-corrected chi connectivity index (χ1v) is 16.2. The molecule has 0 spiro atoms. The van der Waals surface area contributed by atoms with E-state index in [9.17, 15) is 9.00 Å². The van der Waals surface area contributed by atoms with E-state index in [1.54, 1.807) is 0 Å². The summed E-state index contributed by atoms with van der Waals surface area (Å²) in [6, 6.07) is 17.3. The van der Waals surface area contributed by atoms with Gasteiger partial charge in [0.1, 0.15) is 6.10 Å². The standard InChI is InChI=1S/C25H36BrNO4SSi/c1-18-13-15-20(16-14-18)32(29)17-21(31-33(6,7)25(2,3)4)22(26)23(30-24(28)27-5)19-11-9-8-10-12-19/h8-16,21-23H,17H2,1-7H3,(H,27,28)/t21-,22-,23+,32?/m0/s1. The van der Waals surface area contributed by atoms with Crippen LogP contribution in [0.4, 0.5) is 4.79 Å². The van der Waals surface area contributed by atoms with Crippen LogP contribution < -0.4 is 5.32 Å². The van der Waals surface area contributed by atoms with Crippen molar-refractivity contribution in [3.63, 3.8) is 0 Å². The molecule has 0 fully saturated rings. The average Bonchev–Trinajstić information content (AvgIpc) is 2.76. The lowest BCUT2D eigenvalue weighted by Gasteiger charge is -2.41. The van der Waals surface area contributed by atoms with Gasteiger partial charge < -0.3 is 14.5 Å². The minimum Gasteiger partial charge on any atom is -0.440 e. The summed E-state index contributed by atoms with van der Waals surface area (Å²) >= 11 is 3.80. The Hall–Kier alpha value is -1.48. The highest BCUT2D eigenvalue weighted by Crippen LogP contribution is 2.40. The van der Waals surface area contributed by atoms with Gasteiger partial charge in [-0.15, -0.1) is 0 Å². The van der Waals surface area contributed by atoms with Crippen LogP contribution >= 0.6 is 15.9 Å². The molecule has 1 unspecified atom stereocenters. The minimum absolute atomic E-state index is 0.0345. The number of nitrogens with one attached hydrogen (secondary N) is 1. The lowest BCUT2D eigenvalue weighted by atomic mass is 10.0. The van der Waals surface area contributed by atoms with E-state index in [1.807, 2.05) is 61.5 Å². The van der Waals surface area contributed by atoms with Crippen molar-refractivity contribution in [2.45, 2.75) is 67.8 Å². The molecule has 5 nitrogen and oxygen atoms in total. The normalized spacial score (nSPS) is 15.9. The SMILES string of the molecule is CNC(=O)O[C@H](c1ccccc1)[C@@H](Br)[C@H](CS(=O)c1ccc(C)cc1)O[Si](C)(C)C(C)(C)C. The number of carbonyl (C=O) groups is 1. The van der Waals surface area contributed by atoms with Gasteiger partial charge in [-0.2, -0.15) is 0 Å². The Balaban J connectivity index is 2.42. The number of halogens is 1. The second-order valence-electron chi connectivity index (χ2n) is 9.67. The number of alkyl halides is 1. The zero-order valence-electron chi connectivity index (χ0n) is 20.6. The van der Waals surface area contributed by atoms with Gasteiger partial charge in [0, 0.05) is 11.9 Å². The molecule has 2 rings (SSSR count). The van der Waals surface area contributed by atoms with Crippen molar-refractivity contribution in [3.8, 4) is 0 Å². The first kappa shape index (κ1) is 27.8. The highest BCUT2D eigenvalue weighted by atomic mass is 79.9.